The van der Waals surface area contributed by atoms with Gasteiger partial charge in [0.2, 0.25) is 0 Å². The van der Waals surface area contributed by atoms with Crippen molar-refractivity contribution in [2.75, 3.05) is 31.7 Å². The molecule has 0 bridgehead atoms. The molecule has 0 aromatic carbocycles. The highest BCUT2D eigenvalue weighted by molar-refractivity contribution is 5.86. The zero-order valence-electron chi connectivity index (χ0n) is 13.0. The fourth-order valence-corrected chi connectivity index (χ4v) is 2.97. The molecule has 0 amide bonds. The molecule has 22 heavy (non-hydrogen) atoms. The fraction of sp³-hybridized carbons (Fsp3) is 0.667. The highest BCUT2D eigenvalue weighted by atomic mass is 16.5. The smallest absolute Gasteiger partial charge is 0.358 e. The van der Waals surface area contributed by atoms with Crippen molar-refractivity contribution >= 4 is 11.8 Å². The van der Waals surface area contributed by atoms with E-state index < -0.39 is 17.5 Å². The molecular formula is C15H23N3O4. The van der Waals surface area contributed by atoms with E-state index in [1.54, 1.807) is 0 Å². The van der Waals surface area contributed by atoms with Gasteiger partial charge in [0.1, 0.15) is 5.82 Å². The summed E-state index contributed by atoms with van der Waals surface area (Å²) in [6.45, 7) is 3.12. The van der Waals surface area contributed by atoms with Crippen LogP contribution in [0.4, 0.5) is 5.82 Å². The van der Waals surface area contributed by atoms with Crippen molar-refractivity contribution in [2.45, 2.75) is 32.3 Å². The highest BCUT2D eigenvalue weighted by Gasteiger charge is 2.41. The third kappa shape index (κ3) is 3.20. The molecule has 2 heterocycles. The molecule has 1 aliphatic heterocycles. The molecule has 1 fully saturated rings. The number of aliphatic hydroxyl groups is 2. The summed E-state index contributed by atoms with van der Waals surface area (Å²) in [6.07, 6.45) is 4.67. The number of aliphatic hydroxyl groups excluding tert-OH is 2. The number of esters is 1. The second kappa shape index (κ2) is 7.02. The number of anilines is 1. The van der Waals surface area contributed by atoms with Crippen LogP contribution in [0.25, 0.3) is 0 Å². The van der Waals surface area contributed by atoms with Crippen LogP contribution in [-0.2, 0) is 4.74 Å². The number of aromatic nitrogens is 2. The molecule has 1 aromatic rings. The Morgan fingerprint density at radius 3 is 2.77 bits per heavy atom. The molecule has 0 saturated carbocycles. The SMILES string of the molecule is CCC[C@]1(CO)CCN(c2cnc(C(=O)OC)cn2)C[C@@H]1O. The van der Waals surface area contributed by atoms with Gasteiger partial charge in [-0.25, -0.2) is 14.8 Å². The Labute approximate surface area is 130 Å². The molecule has 122 valence electrons. The molecule has 1 aromatic heterocycles. The first-order chi connectivity index (χ1) is 10.6. The van der Waals surface area contributed by atoms with Crippen molar-refractivity contribution in [1.29, 1.82) is 0 Å². The zero-order chi connectivity index (χ0) is 16.2. The average molecular weight is 309 g/mol. The van der Waals surface area contributed by atoms with Gasteiger partial charge in [-0.1, -0.05) is 13.3 Å². The minimum atomic E-state index is -0.617. The predicted octanol–water partition coefficient (Wildman–Crippen LogP) is 0.613. The maximum absolute atomic E-state index is 11.3. The van der Waals surface area contributed by atoms with Gasteiger partial charge in [0, 0.05) is 18.5 Å². The van der Waals surface area contributed by atoms with Gasteiger partial charge in [0.25, 0.3) is 0 Å². The first-order valence-electron chi connectivity index (χ1n) is 7.50. The van der Waals surface area contributed by atoms with E-state index in [-0.39, 0.29) is 12.3 Å². The lowest BCUT2D eigenvalue weighted by molar-refractivity contribution is -0.0372. The Kier molecular flexibility index (Phi) is 5.31. The first kappa shape index (κ1) is 16.6. The Balaban J connectivity index is 2.08. The number of rotatable bonds is 5. The topological polar surface area (TPSA) is 95.8 Å². The van der Waals surface area contributed by atoms with E-state index in [1.807, 2.05) is 11.8 Å². The number of methoxy groups -OCH3 is 1. The molecular weight excluding hydrogens is 286 g/mol. The Bertz CT molecular complexity index is 508. The van der Waals surface area contributed by atoms with E-state index in [0.29, 0.717) is 25.3 Å². The van der Waals surface area contributed by atoms with Gasteiger partial charge in [-0.3, -0.25) is 0 Å². The minimum absolute atomic E-state index is 0.0111. The molecule has 1 aliphatic rings. The van der Waals surface area contributed by atoms with Crippen LogP contribution in [0.3, 0.4) is 0 Å². The molecule has 0 unspecified atom stereocenters. The molecule has 2 N–H and O–H groups in total. The van der Waals surface area contributed by atoms with Crippen LogP contribution in [-0.4, -0.2) is 59.1 Å². The lowest BCUT2D eigenvalue weighted by atomic mass is 9.73. The normalized spacial score (nSPS) is 25.1. The van der Waals surface area contributed by atoms with E-state index in [1.165, 1.54) is 19.5 Å². The van der Waals surface area contributed by atoms with Gasteiger partial charge >= 0.3 is 5.97 Å². The summed E-state index contributed by atoms with van der Waals surface area (Å²) < 4.78 is 4.58. The number of carbonyl (C=O) groups excluding carboxylic acids is 1. The second-order valence-corrected chi connectivity index (χ2v) is 5.73. The Morgan fingerprint density at radius 1 is 1.50 bits per heavy atom. The van der Waals surface area contributed by atoms with Gasteiger partial charge in [-0.05, 0) is 12.8 Å². The lowest BCUT2D eigenvalue weighted by Crippen LogP contribution is -2.53. The van der Waals surface area contributed by atoms with Crippen molar-refractivity contribution in [3.8, 4) is 0 Å². The van der Waals surface area contributed by atoms with Crippen LogP contribution < -0.4 is 4.90 Å². The third-order valence-electron chi connectivity index (χ3n) is 4.40. The summed E-state index contributed by atoms with van der Waals surface area (Å²) in [5, 5.41) is 20.1. The standard InChI is InChI=1S/C15H23N3O4/c1-3-4-15(10-19)5-6-18(9-12(15)20)13-8-16-11(7-17-13)14(21)22-2/h7-8,12,19-20H,3-6,9-10H2,1-2H3/t12-,15+/m0/s1. The number of hydrogen-bond acceptors (Lipinski definition) is 7. The summed E-state index contributed by atoms with van der Waals surface area (Å²) in [7, 11) is 1.29. The van der Waals surface area contributed by atoms with Crippen molar-refractivity contribution in [1.82, 2.24) is 9.97 Å². The molecule has 2 atom stereocenters. The minimum Gasteiger partial charge on any atom is -0.464 e. The van der Waals surface area contributed by atoms with Crippen molar-refractivity contribution in [2.24, 2.45) is 5.41 Å². The van der Waals surface area contributed by atoms with E-state index in [9.17, 15) is 15.0 Å². The van der Waals surface area contributed by atoms with Crippen LogP contribution in [0, 0.1) is 5.41 Å². The van der Waals surface area contributed by atoms with Crippen LogP contribution >= 0.6 is 0 Å². The van der Waals surface area contributed by atoms with Crippen LogP contribution in [0.15, 0.2) is 12.4 Å². The molecule has 0 spiro atoms. The van der Waals surface area contributed by atoms with Crippen molar-refractivity contribution < 1.29 is 19.7 Å². The predicted molar refractivity (Wildman–Crippen MR) is 80.6 cm³/mol. The summed E-state index contributed by atoms with van der Waals surface area (Å²) in [4.78, 5) is 21.5. The molecule has 0 aliphatic carbocycles. The summed E-state index contributed by atoms with van der Waals surface area (Å²) >= 11 is 0. The number of hydrogen-bond donors (Lipinski definition) is 2. The van der Waals surface area contributed by atoms with E-state index >= 15 is 0 Å². The number of β-amino-alcohol motifs (C(OH)–C–C–N with tert-alkyl or cyclic N) is 1. The Hall–Kier alpha value is -1.73. The summed E-state index contributed by atoms with van der Waals surface area (Å²) in [5.41, 5.74) is -0.274. The average Bonchev–Trinajstić information content (AvgIpc) is 2.56. The molecule has 7 nitrogen and oxygen atoms in total. The van der Waals surface area contributed by atoms with Gasteiger partial charge in [0.15, 0.2) is 5.69 Å². The van der Waals surface area contributed by atoms with E-state index in [2.05, 4.69) is 14.7 Å². The largest absolute Gasteiger partial charge is 0.464 e. The quantitative estimate of drug-likeness (QED) is 0.769. The Morgan fingerprint density at radius 2 is 2.27 bits per heavy atom. The van der Waals surface area contributed by atoms with E-state index in [0.717, 1.165) is 12.8 Å². The first-order valence-corrected chi connectivity index (χ1v) is 7.50. The maximum Gasteiger partial charge on any atom is 0.358 e. The molecule has 2 rings (SSSR count). The molecule has 1 saturated heterocycles. The maximum atomic E-state index is 11.3. The van der Waals surface area contributed by atoms with Gasteiger partial charge in [0.05, 0.1) is 32.2 Å². The molecule has 7 heteroatoms. The number of carbonyl (C=O) groups is 1. The number of piperidine rings is 1. The third-order valence-corrected chi connectivity index (χ3v) is 4.40. The monoisotopic (exact) mass is 309 g/mol. The van der Waals surface area contributed by atoms with Crippen molar-refractivity contribution in [3.05, 3.63) is 18.1 Å². The van der Waals surface area contributed by atoms with Crippen LogP contribution in [0.2, 0.25) is 0 Å². The summed E-state index contributed by atoms with van der Waals surface area (Å²) in [6, 6.07) is 0. The fourth-order valence-electron chi connectivity index (χ4n) is 2.97. The zero-order valence-corrected chi connectivity index (χ0v) is 13.0. The molecule has 0 radical (unpaired) electrons. The van der Waals surface area contributed by atoms with Gasteiger partial charge in [-0.2, -0.15) is 0 Å². The van der Waals surface area contributed by atoms with Crippen LogP contribution in [0.5, 0.6) is 0 Å². The van der Waals surface area contributed by atoms with Crippen LogP contribution in [0.1, 0.15) is 36.7 Å². The number of nitrogens with zero attached hydrogens (tertiary/aromatic N) is 3. The van der Waals surface area contributed by atoms with Gasteiger partial charge < -0.3 is 19.8 Å². The lowest BCUT2D eigenvalue weighted by Gasteiger charge is -2.45. The van der Waals surface area contributed by atoms with Gasteiger partial charge in [-0.15, -0.1) is 0 Å². The highest BCUT2D eigenvalue weighted by Crippen LogP contribution is 2.36. The van der Waals surface area contributed by atoms with E-state index in [4.69, 9.17) is 0 Å². The van der Waals surface area contributed by atoms with Crippen molar-refractivity contribution in [3.63, 3.8) is 0 Å². The second-order valence-electron chi connectivity index (χ2n) is 5.73. The summed E-state index contributed by atoms with van der Waals surface area (Å²) in [5.74, 6) is 0.0784. The number of ether oxygens (including phenoxy) is 1.